The van der Waals surface area contributed by atoms with Crippen molar-refractivity contribution in [2.75, 3.05) is 25.6 Å². The van der Waals surface area contributed by atoms with E-state index in [0.717, 1.165) is 44.3 Å². The maximum atomic E-state index is 5.01. The topological polar surface area (TPSA) is 69.8 Å². The van der Waals surface area contributed by atoms with E-state index < -0.39 is 0 Å². The van der Waals surface area contributed by atoms with Crippen LogP contribution in [0.5, 0.6) is 0 Å². The smallest absolute Gasteiger partial charge is 0.202 e. The Hall–Kier alpha value is -1.89. The standard InChI is InChI=1S/C12H20N6O/c1-17-10-15-11(16-17)4-7-18-8-6-14-12(18)13-5-3-9-19-2/h6,8,10H,3-5,7,9H2,1-2H3,(H,13,14). The molecule has 0 aliphatic carbocycles. The Kier molecular flexibility index (Phi) is 4.91. The summed E-state index contributed by atoms with van der Waals surface area (Å²) in [5.74, 6) is 1.73. The molecule has 1 N–H and O–H groups in total. The molecule has 2 rings (SSSR count). The highest BCUT2D eigenvalue weighted by Gasteiger charge is 2.04. The summed E-state index contributed by atoms with van der Waals surface area (Å²) in [6.07, 6.45) is 7.23. The lowest BCUT2D eigenvalue weighted by Gasteiger charge is -2.08. The minimum Gasteiger partial charge on any atom is -0.385 e. The number of methoxy groups -OCH3 is 1. The largest absolute Gasteiger partial charge is 0.385 e. The first-order valence-electron chi connectivity index (χ1n) is 6.38. The molecule has 0 aromatic carbocycles. The van der Waals surface area contributed by atoms with Crippen LogP contribution in [0.4, 0.5) is 5.95 Å². The number of nitrogens with one attached hydrogen (secondary N) is 1. The van der Waals surface area contributed by atoms with Gasteiger partial charge in [-0.3, -0.25) is 4.68 Å². The zero-order valence-electron chi connectivity index (χ0n) is 11.4. The SMILES string of the molecule is COCCCNc1nccn1CCc1ncn(C)n1. The van der Waals surface area contributed by atoms with Gasteiger partial charge in [-0.15, -0.1) is 0 Å². The van der Waals surface area contributed by atoms with Gasteiger partial charge in [0, 0.05) is 52.7 Å². The van der Waals surface area contributed by atoms with Gasteiger partial charge in [-0.05, 0) is 6.42 Å². The lowest BCUT2D eigenvalue weighted by Crippen LogP contribution is -2.11. The van der Waals surface area contributed by atoms with Crippen LogP contribution < -0.4 is 5.32 Å². The minimum atomic E-state index is 0.756. The zero-order chi connectivity index (χ0) is 13.5. The van der Waals surface area contributed by atoms with Gasteiger partial charge in [0.25, 0.3) is 0 Å². The Morgan fingerprint density at radius 2 is 2.26 bits per heavy atom. The molecule has 0 radical (unpaired) electrons. The van der Waals surface area contributed by atoms with Gasteiger partial charge in [0.2, 0.25) is 5.95 Å². The fraction of sp³-hybridized carbons (Fsp3) is 0.583. The van der Waals surface area contributed by atoms with Gasteiger partial charge in [0.05, 0.1) is 0 Å². The number of aromatic nitrogens is 5. The predicted octanol–water partition coefficient (Wildman–Crippen LogP) is 0.703. The fourth-order valence-corrected chi connectivity index (χ4v) is 1.79. The first-order chi connectivity index (χ1) is 9.29. The van der Waals surface area contributed by atoms with E-state index in [9.17, 15) is 0 Å². The molecule has 0 amide bonds. The molecular formula is C12H20N6O. The lowest BCUT2D eigenvalue weighted by molar-refractivity contribution is 0.197. The summed E-state index contributed by atoms with van der Waals surface area (Å²) in [5, 5.41) is 7.56. The molecule has 0 aliphatic heterocycles. The summed E-state index contributed by atoms with van der Waals surface area (Å²) < 4.78 is 8.80. The molecule has 19 heavy (non-hydrogen) atoms. The highest BCUT2D eigenvalue weighted by molar-refractivity contribution is 5.25. The second-order valence-electron chi connectivity index (χ2n) is 4.30. The van der Waals surface area contributed by atoms with E-state index in [4.69, 9.17) is 4.74 Å². The third-order valence-corrected chi connectivity index (χ3v) is 2.75. The minimum absolute atomic E-state index is 0.756. The number of ether oxygens (including phenoxy) is 1. The van der Waals surface area contributed by atoms with Gasteiger partial charge in [0.15, 0.2) is 5.82 Å². The molecule has 0 aliphatic rings. The summed E-state index contributed by atoms with van der Waals surface area (Å²) in [6.45, 7) is 2.43. The van der Waals surface area contributed by atoms with Crippen LogP contribution in [-0.4, -0.2) is 44.6 Å². The summed E-state index contributed by atoms with van der Waals surface area (Å²) in [7, 11) is 3.58. The van der Waals surface area contributed by atoms with E-state index in [1.165, 1.54) is 0 Å². The summed E-state index contributed by atoms with van der Waals surface area (Å²) in [6, 6.07) is 0. The lowest BCUT2D eigenvalue weighted by atomic mass is 10.4. The first kappa shape index (κ1) is 13.5. The number of hydrogen-bond donors (Lipinski definition) is 1. The molecule has 2 aromatic rings. The summed E-state index contributed by atoms with van der Waals surface area (Å²) in [4.78, 5) is 8.51. The van der Waals surface area contributed by atoms with Gasteiger partial charge >= 0.3 is 0 Å². The van der Waals surface area contributed by atoms with Gasteiger partial charge < -0.3 is 14.6 Å². The molecule has 7 heteroatoms. The normalized spacial score (nSPS) is 10.8. The van der Waals surface area contributed by atoms with Crippen molar-refractivity contribution in [1.82, 2.24) is 24.3 Å². The third-order valence-electron chi connectivity index (χ3n) is 2.75. The van der Waals surface area contributed by atoms with Crippen LogP contribution >= 0.6 is 0 Å². The molecule has 2 aromatic heterocycles. The van der Waals surface area contributed by atoms with Crippen molar-refractivity contribution in [3.63, 3.8) is 0 Å². The quantitative estimate of drug-likeness (QED) is 0.711. The molecule has 0 saturated carbocycles. The van der Waals surface area contributed by atoms with Crippen LogP contribution in [-0.2, 0) is 24.8 Å². The highest BCUT2D eigenvalue weighted by atomic mass is 16.5. The molecule has 0 bridgehead atoms. The molecule has 2 heterocycles. The molecule has 0 fully saturated rings. The average Bonchev–Trinajstić information content (AvgIpc) is 3.01. The average molecular weight is 264 g/mol. The van der Waals surface area contributed by atoms with Crippen LogP contribution in [0.1, 0.15) is 12.2 Å². The summed E-state index contributed by atoms with van der Waals surface area (Å²) >= 11 is 0. The van der Waals surface area contributed by atoms with Gasteiger partial charge in [-0.2, -0.15) is 5.10 Å². The Morgan fingerprint density at radius 1 is 1.37 bits per heavy atom. The molecule has 0 unspecified atom stereocenters. The number of anilines is 1. The number of hydrogen-bond acceptors (Lipinski definition) is 5. The van der Waals surface area contributed by atoms with Gasteiger partial charge in [-0.25, -0.2) is 9.97 Å². The van der Waals surface area contributed by atoms with Crippen LogP contribution in [0.25, 0.3) is 0 Å². The monoisotopic (exact) mass is 264 g/mol. The van der Waals surface area contributed by atoms with E-state index in [-0.39, 0.29) is 0 Å². The first-order valence-corrected chi connectivity index (χ1v) is 6.38. The third kappa shape index (κ3) is 4.06. The Balaban J connectivity index is 1.81. The Labute approximate surface area is 112 Å². The number of rotatable bonds is 8. The van der Waals surface area contributed by atoms with E-state index in [0.29, 0.717) is 0 Å². The Bertz CT molecular complexity index is 492. The van der Waals surface area contributed by atoms with Crippen LogP contribution in [0.3, 0.4) is 0 Å². The van der Waals surface area contributed by atoms with E-state index in [1.54, 1.807) is 24.3 Å². The Morgan fingerprint density at radius 3 is 3.00 bits per heavy atom. The van der Waals surface area contributed by atoms with Crippen LogP contribution in [0, 0.1) is 0 Å². The van der Waals surface area contributed by atoms with Crippen molar-refractivity contribution in [2.45, 2.75) is 19.4 Å². The van der Waals surface area contributed by atoms with Crippen molar-refractivity contribution >= 4 is 5.95 Å². The molecule has 0 spiro atoms. The molecule has 104 valence electrons. The van der Waals surface area contributed by atoms with Crippen LogP contribution in [0.15, 0.2) is 18.7 Å². The van der Waals surface area contributed by atoms with Crippen molar-refractivity contribution in [3.8, 4) is 0 Å². The number of imidazole rings is 1. The number of aryl methyl sites for hydroxylation is 3. The summed E-state index contributed by atoms with van der Waals surface area (Å²) in [5.41, 5.74) is 0. The zero-order valence-corrected chi connectivity index (χ0v) is 11.4. The van der Waals surface area contributed by atoms with E-state index in [2.05, 4.69) is 25.0 Å². The van der Waals surface area contributed by atoms with E-state index >= 15 is 0 Å². The van der Waals surface area contributed by atoms with Crippen molar-refractivity contribution in [3.05, 3.63) is 24.5 Å². The van der Waals surface area contributed by atoms with E-state index in [1.807, 2.05) is 13.2 Å². The second kappa shape index (κ2) is 6.89. The predicted molar refractivity (Wildman–Crippen MR) is 71.9 cm³/mol. The second-order valence-corrected chi connectivity index (χ2v) is 4.30. The fourth-order valence-electron chi connectivity index (χ4n) is 1.79. The van der Waals surface area contributed by atoms with Crippen molar-refractivity contribution in [1.29, 1.82) is 0 Å². The molecule has 7 nitrogen and oxygen atoms in total. The van der Waals surface area contributed by atoms with Crippen molar-refractivity contribution < 1.29 is 4.74 Å². The molecule has 0 atom stereocenters. The van der Waals surface area contributed by atoms with Crippen LogP contribution in [0.2, 0.25) is 0 Å². The van der Waals surface area contributed by atoms with Gasteiger partial charge in [-0.1, -0.05) is 0 Å². The molecule has 0 saturated heterocycles. The van der Waals surface area contributed by atoms with Gasteiger partial charge in [0.1, 0.15) is 6.33 Å². The highest BCUT2D eigenvalue weighted by Crippen LogP contribution is 2.05. The maximum absolute atomic E-state index is 5.01. The van der Waals surface area contributed by atoms with Crippen molar-refractivity contribution in [2.24, 2.45) is 7.05 Å². The maximum Gasteiger partial charge on any atom is 0.202 e. The molecular weight excluding hydrogens is 244 g/mol. The number of nitrogens with zero attached hydrogens (tertiary/aromatic N) is 5.